The number of rotatable bonds is 6. The van der Waals surface area contributed by atoms with Crippen LogP contribution in [0.25, 0.3) is 0 Å². The van der Waals surface area contributed by atoms with Gasteiger partial charge in [-0.3, -0.25) is 0 Å². The smallest absolute Gasteiger partial charge is 0.147 e. The molecule has 0 atom stereocenters. The highest BCUT2D eigenvalue weighted by Crippen LogP contribution is 2.21. The maximum atomic E-state index is 5.91. The molecule has 0 heterocycles. The van der Waals surface area contributed by atoms with Gasteiger partial charge in [-0.25, -0.2) is 0 Å². The molecule has 0 radical (unpaired) electrons. The van der Waals surface area contributed by atoms with Gasteiger partial charge in [0, 0.05) is 26.2 Å². The average Bonchev–Trinajstić information content (AvgIpc) is 2.18. The Morgan fingerprint density at radius 1 is 0.786 bits per heavy atom. The van der Waals surface area contributed by atoms with E-state index in [0.717, 1.165) is 32.0 Å². The van der Waals surface area contributed by atoms with Crippen LogP contribution in [-0.2, 0) is 0 Å². The molecule has 0 saturated heterocycles. The van der Waals surface area contributed by atoms with Gasteiger partial charge >= 0.3 is 0 Å². The van der Waals surface area contributed by atoms with Crippen molar-refractivity contribution in [3.63, 3.8) is 0 Å². The lowest BCUT2D eigenvalue weighted by Gasteiger charge is -2.33. The summed E-state index contributed by atoms with van der Waals surface area (Å²) in [5, 5.41) is 0. The molecule has 14 heavy (non-hydrogen) atoms. The zero-order chi connectivity index (χ0) is 11.1. The Morgan fingerprint density at radius 2 is 1.07 bits per heavy atom. The first-order chi connectivity index (χ1) is 6.62. The summed E-state index contributed by atoms with van der Waals surface area (Å²) in [6, 6.07) is 0. The second-order valence-electron chi connectivity index (χ2n) is 2.93. The van der Waals surface area contributed by atoms with Crippen LogP contribution in [0.4, 0.5) is 0 Å². The topological polar surface area (TPSA) is 6.48 Å². The van der Waals surface area contributed by atoms with Gasteiger partial charge in [-0.2, -0.15) is 0 Å². The monoisotopic (exact) mass is 238 g/mol. The summed E-state index contributed by atoms with van der Waals surface area (Å²) in [5.41, 5.74) is 0. The largest absolute Gasteiger partial charge is 0.357 e. The second kappa shape index (κ2) is 7.24. The highest BCUT2D eigenvalue weighted by Gasteiger charge is 2.15. The van der Waals surface area contributed by atoms with Gasteiger partial charge in [-0.05, 0) is 27.7 Å². The van der Waals surface area contributed by atoms with Gasteiger partial charge in [0.05, 0.1) is 0 Å². The molecule has 0 spiro atoms. The van der Waals surface area contributed by atoms with Crippen molar-refractivity contribution in [1.82, 2.24) is 9.80 Å². The Balaban J connectivity index is 4.84. The first-order valence-corrected chi connectivity index (χ1v) is 5.92. The maximum absolute atomic E-state index is 5.91. The number of hydrogen-bond donors (Lipinski definition) is 0. The fourth-order valence-electron chi connectivity index (χ4n) is 1.49. The molecule has 0 aromatic heterocycles. The Kier molecular flexibility index (Phi) is 7.20. The van der Waals surface area contributed by atoms with Crippen LogP contribution < -0.4 is 0 Å². The first-order valence-electron chi connectivity index (χ1n) is 5.17. The SMILES string of the molecule is CCN(CC)C(=C(Cl)Cl)N(CC)CC. The fourth-order valence-corrected chi connectivity index (χ4v) is 1.96. The summed E-state index contributed by atoms with van der Waals surface area (Å²) in [4.78, 5) is 4.34. The molecule has 0 amide bonds. The van der Waals surface area contributed by atoms with Crippen LogP contribution in [0.5, 0.6) is 0 Å². The molecular weight excluding hydrogens is 219 g/mol. The summed E-state index contributed by atoms with van der Waals surface area (Å²) < 4.78 is 0.359. The molecule has 84 valence electrons. The predicted molar refractivity (Wildman–Crippen MR) is 64.6 cm³/mol. The minimum atomic E-state index is 0.359. The van der Waals surface area contributed by atoms with E-state index in [4.69, 9.17) is 23.2 Å². The van der Waals surface area contributed by atoms with Crippen molar-refractivity contribution in [2.75, 3.05) is 26.2 Å². The molecule has 0 bridgehead atoms. The Bertz CT molecular complexity index is 167. The summed E-state index contributed by atoms with van der Waals surface area (Å²) >= 11 is 11.8. The number of halogens is 2. The van der Waals surface area contributed by atoms with E-state index in [0.29, 0.717) is 4.49 Å². The normalized spacial score (nSPS) is 9.86. The third kappa shape index (κ3) is 3.58. The molecule has 0 fully saturated rings. The van der Waals surface area contributed by atoms with E-state index in [-0.39, 0.29) is 0 Å². The minimum absolute atomic E-state index is 0.359. The van der Waals surface area contributed by atoms with Crippen LogP contribution in [0.15, 0.2) is 10.3 Å². The third-order valence-electron chi connectivity index (χ3n) is 2.29. The van der Waals surface area contributed by atoms with Crippen LogP contribution in [0.1, 0.15) is 27.7 Å². The zero-order valence-electron chi connectivity index (χ0n) is 9.48. The molecule has 0 saturated carbocycles. The van der Waals surface area contributed by atoms with Crippen molar-refractivity contribution in [1.29, 1.82) is 0 Å². The van der Waals surface area contributed by atoms with Crippen molar-refractivity contribution < 1.29 is 0 Å². The van der Waals surface area contributed by atoms with Crippen LogP contribution in [0, 0.1) is 0 Å². The number of nitrogens with zero attached hydrogens (tertiary/aromatic N) is 2. The van der Waals surface area contributed by atoms with E-state index >= 15 is 0 Å². The van der Waals surface area contributed by atoms with Crippen molar-refractivity contribution in [2.24, 2.45) is 0 Å². The average molecular weight is 239 g/mol. The second-order valence-corrected chi connectivity index (χ2v) is 3.88. The van der Waals surface area contributed by atoms with Crippen LogP contribution in [0.3, 0.4) is 0 Å². The van der Waals surface area contributed by atoms with E-state index in [1.807, 2.05) is 0 Å². The van der Waals surface area contributed by atoms with Gasteiger partial charge < -0.3 is 9.80 Å². The predicted octanol–water partition coefficient (Wildman–Crippen LogP) is 3.27. The molecule has 2 nitrogen and oxygen atoms in total. The lowest BCUT2D eigenvalue weighted by atomic mass is 10.4. The molecule has 0 aliphatic heterocycles. The van der Waals surface area contributed by atoms with Gasteiger partial charge in [0.15, 0.2) is 0 Å². The third-order valence-corrected chi connectivity index (χ3v) is 2.63. The van der Waals surface area contributed by atoms with Crippen LogP contribution >= 0.6 is 23.2 Å². The Morgan fingerprint density at radius 3 is 1.21 bits per heavy atom. The summed E-state index contributed by atoms with van der Waals surface area (Å²) in [6.45, 7) is 12.1. The van der Waals surface area contributed by atoms with Crippen LogP contribution in [-0.4, -0.2) is 36.0 Å². The lowest BCUT2D eigenvalue weighted by Crippen LogP contribution is -2.35. The quantitative estimate of drug-likeness (QED) is 0.701. The molecule has 0 aliphatic rings. The molecule has 0 aromatic rings. The molecule has 0 rings (SSSR count). The van der Waals surface area contributed by atoms with Crippen molar-refractivity contribution >= 4 is 23.2 Å². The summed E-state index contributed by atoms with van der Waals surface area (Å²) in [7, 11) is 0. The van der Waals surface area contributed by atoms with E-state index in [1.54, 1.807) is 0 Å². The molecule has 4 heteroatoms. The van der Waals surface area contributed by atoms with Crippen LogP contribution in [0.2, 0.25) is 0 Å². The van der Waals surface area contributed by atoms with Gasteiger partial charge in [0.25, 0.3) is 0 Å². The molecule has 0 unspecified atom stereocenters. The highest BCUT2D eigenvalue weighted by molar-refractivity contribution is 6.56. The van der Waals surface area contributed by atoms with Crippen molar-refractivity contribution in [3.05, 3.63) is 10.3 Å². The number of hydrogen-bond acceptors (Lipinski definition) is 2. The summed E-state index contributed by atoms with van der Waals surface area (Å²) in [6.07, 6.45) is 0. The van der Waals surface area contributed by atoms with Gasteiger partial charge in [-0.15, -0.1) is 0 Å². The molecule has 0 N–H and O–H groups in total. The molecular formula is C10H20Cl2N2. The lowest BCUT2D eigenvalue weighted by molar-refractivity contribution is 0.235. The van der Waals surface area contributed by atoms with Gasteiger partial charge in [-0.1, -0.05) is 23.2 Å². The Hall–Kier alpha value is -0.0800. The summed E-state index contributed by atoms with van der Waals surface area (Å²) in [5.74, 6) is 0.948. The zero-order valence-corrected chi connectivity index (χ0v) is 11.0. The van der Waals surface area contributed by atoms with Crippen molar-refractivity contribution in [3.8, 4) is 0 Å². The standard InChI is InChI=1S/C10H20Cl2N2/c1-5-13(6-2)10(9(11)12)14(7-3)8-4/h5-8H2,1-4H3. The van der Waals surface area contributed by atoms with Crippen molar-refractivity contribution in [2.45, 2.75) is 27.7 Å². The Labute approximate surface area is 97.5 Å². The fraction of sp³-hybridized carbons (Fsp3) is 0.800. The molecule has 0 aromatic carbocycles. The van der Waals surface area contributed by atoms with Gasteiger partial charge in [0.2, 0.25) is 0 Å². The maximum Gasteiger partial charge on any atom is 0.147 e. The van der Waals surface area contributed by atoms with Gasteiger partial charge in [0.1, 0.15) is 10.3 Å². The van der Waals surface area contributed by atoms with E-state index in [2.05, 4.69) is 37.5 Å². The van der Waals surface area contributed by atoms with E-state index in [9.17, 15) is 0 Å². The highest BCUT2D eigenvalue weighted by atomic mass is 35.5. The van der Waals surface area contributed by atoms with E-state index in [1.165, 1.54) is 0 Å². The van der Waals surface area contributed by atoms with E-state index < -0.39 is 0 Å². The minimum Gasteiger partial charge on any atom is -0.357 e. The first kappa shape index (κ1) is 13.9. The molecule has 0 aliphatic carbocycles.